The summed E-state index contributed by atoms with van der Waals surface area (Å²) in [6.07, 6.45) is 0. The first-order valence-corrected chi connectivity index (χ1v) is 6.38. The maximum atomic E-state index is 11.8. The number of hydrogen-bond donors (Lipinski definition) is 2. The quantitative estimate of drug-likeness (QED) is 0.893. The van der Waals surface area contributed by atoms with Crippen LogP contribution in [0.2, 0.25) is 5.02 Å². The predicted molar refractivity (Wildman–Crippen MR) is 79.8 cm³/mol. The number of aryl methyl sites for hydroxylation is 1. The minimum Gasteiger partial charge on any atom is -0.376 e. The summed E-state index contributed by atoms with van der Waals surface area (Å²) in [7, 11) is 0. The first kappa shape index (κ1) is 13.4. The second kappa shape index (κ2) is 6.25. The molecule has 0 aliphatic rings. The van der Waals surface area contributed by atoms with E-state index in [1.165, 1.54) is 0 Å². The number of nitrogens with one attached hydrogen (secondary N) is 2. The van der Waals surface area contributed by atoms with Crippen molar-refractivity contribution in [3.8, 4) is 0 Å². The van der Waals surface area contributed by atoms with Crippen molar-refractivity contribution in [3.63, 3.8) is 0 Å². The molecule has 3 nitrogen and oxygen atoms in total. The highest BCUT2D eigenvalue weighted by Crippen LogP contribution is 2.19. The van der Waals surface area contributed by atoms with Gasteiger partial charge in [0.05, 0.1) is 6.54 Å². The largest absolute Gasteiger partial charge is 0.376 e. The lowest BCUT2D eigenvalue weighted by molar-refractivity contribution is -0.114. The number of carbonyl (C=O) groups is 1. The molecular formula is C15H15ClN2O. The van der Waals surface area contributed by atoms with Gasteiger partial charge in [-0.1, -0.05) is 29.8 Å². The molecule has 0 atom stereocenters. The molecule has 0 spiro atoms. The molecule has 0 radical (unpaired) electrons. The fourth-order valence-electron chi connectivity index (χ4n) is 1.70. The van der Waals surface area contributed by atoms with Crippen LogP contribution in [0, 0.1) is 6.92 Å². The zero-order valence-corrected chi connectivity index (χ0v) is 11.4. The van der Waals surface area contributed by atoms with Crippen LogP contribution in [0.3, 0.4) is 0 Å². The monoisotopic (exact) mass is 274 g/mol. The van der Waals surface area contributed by atoms with Gasteiger partial charge in [0.2, 0.25) is 5.91 Å². The van der Waals surface area contributed by atoms with Gasteiger partial charge >= 0.3 is 0 Å². The summed E-state index contributed by atoms with van der Waals surface area (Å²) >= 11 is 5.87. The van der Waals surface area contributed by atoms with Gasteiger partial charge in [0.25, 0.3) is 0 Å². The average Bonchev–Trinajstić information content (AvgIpc) is 2.41. The van der Waals surface area contributed by atoms with E-state index in [0.29, 0.717) is 5.02 Å². The molecular weight excluding hydrogens is 260 g/mol. The molecule has 0 heterocycles. The van der Waals surface area contributed by atoms with Crippen LogP contribution in [-0.4, -0.2) is 12.5 Å². The fraction of sp³-hybridized carbons (Fsp3) is 0.133. The van der Waals surface area contributed by atoms with Gasteiger partial charge in [-0.2, -0.15) is 0 Å². The van der Waals surface area contributed by atoms with E-state index in [1.54, 1.807) is 12.1 Å². The van der Waals surface area contributed by atoms with Crippen molar-refractivity contribution < 1.29 is 4.79 Å². The van der Waals surface area contributed by atoms with E-state index in [4.69, 9.17) is 11.6 Å². The van der Waals surface area contributed by atoms with E-state index < -0.39 is 0 Å². The summed E-state index contributed by atoms with van der Waals surface area (Å²) in [5.41, 5.74) is 2.65. The van der Waals surface area contributed by atoms with E-state index in [0.717, 1.165) is 16.9 Å². The number of amides is 1. The van der Waals surface area contributed by atoms with Gasteiger partial charge in [-0.05, 0) is 42.8 Å². The molecule has 2 aromatic rings. The molecule has 0 aliphatic heterocycles. The van der Waals surface area contributed by atoms with Crippen molar-refractivity contribution >= 4 is 28.9 Å². The third-order valence-corrected chi connectivity index (χ3v) is 2.92. The number of benzene rings is 2. The average molecular weight is 275 g/mol. The van der Waals surface area contributed by atoms with Crippen LogP contribution in [-0.2, 0) is 4.79 Å². The van der Waals surface area contributed by atoms with Crippen LogP contribution >= 0.6 is 11.6 Å². The fourth-order valence-corrected chi connectivity index (χ4v) is 1.93. The number of para-hydroxylation sites is 1. The van der Waals surface area contributed by atoms with Crippen molar-refractivity contribution in [2.24, 2.45) is 0 Å². The van der Waals surface area contributed by atoms with Crippen molar-refractivity contribution in [1.29, 1.82) is 0 Å². The second-order valence-electron chi connectivity index (χ2n) is 4.23. The lowest BCUT2D eigenvalue weighted by Gasteiger charge is -2.10. The summed E-state index contributed by atoms with van der Waals surface area (Å²) in [6.45, 7) is 2.14. The Bertz CT molecular complexity index is 570. The molecule has 0 aromatic heterocycles. The number of halogens is 1. The van der Waals surface area contributed by atoms with E-state index in [9.17, 15) is 4.79 Å². The van der Waals surface area contributed by atoms with Gasteiger partial charge in [-0.25, -0.2) is 0 Å². The van der Waals surface area contributed by atoms with E-state index >= 15 is 0 Å². The SMILES string of the molecule is Cc1cc(Cl)ccc1NC(=O)CNc1ccccc1. The lowest BCUT2D eigenvalue weighted by atomic mass is 10.2. The molecule has 4 heteroatoms. The molecule has 0 unspecified atom stereocenters. The minimum absolute atomic E-state index is 0.0886. The Balaban J connectivity index is 1.91. The topological polar surface area (TPSA) is 41.1 Å². The molecule has 0 fully saturated rings. The van der Waals surface area contributed by atoms with Crippen LogP contribution in [0.5, 0.6) is 0 Å². The van der Waals surface area contributed by atoms with Crippen LogP contribution in [0.15, 0.2) is 48.5 Å². The highest BCUT2D eigenvalue weighted by molar-refractivity contribution is 6.30. The molecule has 19 heavy (non-hydrogen) atoms. The summed E-state index contributed by atoms with van der Waals surface area (Å²) in [6, 6.07) is 15.0. The zero-order valence-electron chi connectivity index (χ0n) is 10.6. The Hall–Kier alpha value is -2.00. The maximum Gasteiger partial charge on any atom is 0.243 e. The Morgan fingerprint density at radius 3 is 2.58 bits per heavy atom. The molecule has 98 valence electrons. The van der Waals surface area contributed by atoms with Crippen LogP contribution in [0.25, 0.3) is 0 Å². The summed E-state index contributed by atoms with van der Waals surface area (Å²) in [5, 5.41) is 6.57. The number of carbonyl (C=O) groups excluding carboxylic acids is 1. The molecule has 2 aromatic carbocycles. The van der Waals surface area contributed by atoms with Gasteiger partial charge in [0.1, 0.15) is 0 Å². The van der Waals surface area contributed by atoms with Crippen molar-refractivity contribution in [1.82, 2.24) is 0 Å². The summed E-state index contributed by atoms with van der Waals surface area (Å²) in [5.74, 6) is -0.0886. The summed E-state index contributed by atoms with van der Waals surface area (Å²) in [4.78, 5) is 11.8. The van der Waals surface area contributed by atoms with Crippen LogP contribution in [0.1, 0.15) is 5.56 Å². The summed E-state index contributed by atoms with van der Waals surface area (Å²) < 4.78 is 0. The van der Waals surface area contributed by atoms with Crippen molar-refractivity contribution in [2.45, 2.75) is 6.92 Å². The molecule has 0 aliphatic carbocycles. The van der Waals surface area contributed by atoms with Crippen LogP contribution < -0.4 is 10.6 Å². The molecule has 1 amide bonds. The Labute approximate surface area is 117 Å². The van der Waals surface area contributed by atoms with E-state index in [2.05, 4.69) is 10.6 Å². The molecule has 0 saturated carbocycles. The number of hydrogen-bond acceptors (Lipinski definition) is 2. The lowest BCUT2D eigenvalue weighted by Crippen LogP contribution is -2.22. The van der Waals surface area contributed by atoms with E-state index in [1.807, 2.05) is 43.3 Å². The Morgan fingerprint density at radius 1 is 1.16 bits per heavy atom. The highest BCUT2D eigenvalue weighted by atomic mass is 35.5. The molecule has 0 saturated heterocycles. The number of anilines is 2. The normalized spacial score (nSPS) is 10.0. The molecule has 2 rings (SSSR count). The number of rotatable bonds is 4. The van der Waals surface area contributed by atoms with Crippen LogP contribution in [0.4, 0.5) is 11.4 Å². The highest BCUT2D eigenvalue weighted by Gasteiger charge is 2.04. The molecule has 2 N–H and O–H groups in total. The molecule has 0 bridgehead atoms. The van der Waals surface area contributed by atoms with Gasteiger partial charge in [0.15, 0.2) is 0 Å². The third kappa shape index (κ3) is 4.00. The van der Waals surface area contributed by atoms with Gasteiger partial charge in [-0.3, -0.25) is 4.79 Å². The maximum absolute atomic E-state index is 11.8. The van der Waals surface area contributed by atoms with Gasteiger partial charge in [-0.15, -0.1) is 0 Å². The minimum atomic E-state index is -0.0886. The first-order valence-electron chi connectivity index (χ1n) is 6.00. The van der Waals surface area contributed by atoms with Crippen molar-refractivity contribution in [3.05, 3.63) is 59.1 Å². The standard InChI is InChI=1S/C15H15ClN2O/c1-11-9-12(16)7-8-14(11)18-15(19)10-17-13-5-3-2-4-6-13/h2-9,17H,10H2,1H3,(H,18,19). The Kier molecular flexibility index (Phi) is 4.42. The smallest absolute Gasteiger partial charge is 0.243 e. The van der Waals surface area contributed by atoms with Gasteiger partial charge < -0.3 is 10.6 Å². The predicted octanol–water partition coefficient (Wildman–Crippen LogP) is 3.70. The van der Waals surface area contributed by atoms with E-state index in [-0.39, 0.29) is 12.5 Å². The van der Waals surface area contributed by atoms with Gasteiger partial charge in [0, 0.05) is 16.4 Å². The van der Waals surface area contributed by atoms with Crippen molar-refractivity contribution in [2.75, 3.05) is 17.2 Å². The third-order valence-electron chi connectivity index (χ3n) is 2.69. The Morgan fingerprint density at radius 2 is 1.89 bits per heavy atom. The second-order valence-corrected chi connectivity index (χ2v) is 4.66. The zero-order chi connectivity index (χ0) is 13.7. The first-order chi connectivity index (χ1) is 9.15.